The molecule has 22 heavy (non-hydrogen) atoms. The standard InChI is InChI=1S/C18H10N4/c19-11-17(12-20,15-7-3-1-4-8-15)18(13-21,14-22)16-9-5-2-6-10-16/h1-10H. The second-order valence-corrected chi connectivity index (χ2v) is 4.68. The first-order valence-electron chi connectivity index (χ1n) is 6.47. The van der Waals surface area contributed by atoms with Crippen molar-refractivity contribution in [2.45, 2.75) is 10.8 Å². The first-order valence-corrected chi connectivity index (χ1v) is 6.47. The van der Waals surface area contributed by atoms with Gasteiger partial charge >= 0.3 is 0 Å². The zero-order chi connectivity index (χ0) is 16.1. The first kappa shape index (κ1) is 14.8. The quantitative estimate of drug-likeness (QED) is 0.864. The Morgan fingerprint density at radius 3 is 1.00 bits per heavy atom. The summed E-state index contributed by atoms with van der Waals surface area (Å²) < 4.78 is 0. The van der Waals surface area contributed by atoms with Crippen molar-refractivity contribution in [2.24, 2.45) is 0 Å². The topological polar surface area (TPSA) is 95.2 Å². The smallest absolute Gasteiger partial charge is 0.196 e. The van der Waals surface area contributed by atoms with Crippen molar-refractivity contribution in [3.05, 3.63) is 71.8 Å². The van der Waals surface area contributed by atoms with E-state index in [1.807, 2.05) is 24.3 Å². The van der Waals surface area contributed by atoms with Crippen LogP contribution in [0.1, 0.15) is 11.1 Å². The van der Waals surface area contributed by atoms with Crippen molar-refractivity contribution in [1.82, 2.24) is 0 Å². The fourth-order valence-electron chi connectivity index (χ4n) is 2.45. The van der Waals surface area contributed by atoms with Crippen LogP contribution in [-0.2, 0) is 10.8 Å². The van der Waals surface area contributed by atoms with E-state index in [0.29, 0.717) is 11.1 Å². The van der Waals surface area contributed by atoms with Crippen LogP contribution >= 0.6 is 0 Å². The van der Waals surface area contributed by atoms with Gasteiger partial charge in [-0.2, -0.15) is 21.0 Å². The monoisotopic (exact) mass is 282 g/mol. The molecule has 0 aromatic heterocycles. The summed E-state index contributed by atoms with van der Waals surface area (Å²) in [6.07, 6.45) is 0. The number of benzene rings is 2. The van der Waals surface area contributed by atoms with Crippen LogP contribution in [0.4, 0.5) is 0 Å². The molecule has 0 bridgehead atoms. The lowest BCUT2D eigenvalue weighted by Crippen LogP contribution is -2.45. The maximum atomic E-state index is 9.71. The lowest BCUT2D eigenvalue weighted by Gasteiger charge is -2.31. The molecule has 0 amide bonds. The van der Waals surface area contributed by atoms with Crippen LogP contribution in [0.15, 0.2) is 60.7 Å². The van der Waals surface area contributed by atoms with E-state index in [1.54, 1.807) is 60.7 Å². The molecule has 4 nitrogen and oxygen atoms in total. The van der Waals surface area contributed by atoms with Crippen LogP contribution in [0, 0.1) is 45.3 Å². The SMILES string of the molecule is N#CC(C#N)(c1ccccc1)C(C#N)(C#N)c1ccccc1. The molecule has 0 aliphatic rings. The van der Waals surface area contributed by atoms with Gasteiger partial charge in [-0.05, 0) is 11.1 Å². The number of nitrogens with zero attached hydrogens (tertiary/aromatic N) is 4. The molecule has 0 saturated heterocycles. The van der Waals surface area contributed by atoms with Gasteiger partial charge in [0, 0.05) is 0 Å². The molecule has 2 aromatic carbocycles. The van der Waals surface area contributed by atoms with Crippen LogP contribution < -0.4 is 0 Å². The summed E-state index contributed by atoms with van der Waals surface area (Å²) in [5.74, 6) is 0. The lowest BCUT2D eigenvalue weighted by molar-refractivity contribution is 0.524. The Bertz CT molecular complexity index is 726. The number of rotatable bonds is 3. The normalized spacial score (nSPS) is 10.5. The molecule has 0 radical (unpaired) electrons. The molecule has 0 heterocycles. The van der Waals surface area contributed by atoms with Gasteiger partial charge in [-0.1, -0.05) is 60.7 Å². The Hall–Kier alpha value is -3.60. The summed E-state index contributed by atoms with van der Waals surface area (Å²) >= 11 is 0. The van der Waals surface area contributed by atoms with Crippen LogP contribution in [-0.4, -0.2) is 0 Å². The molecular weight excluding hydrogens is 272 g/mol. The summed E-state index contributed by atoms with van der Waals surface area (Å²) in [6, 6.07) is 24.2. The van der Waals surface area contributed by atoms with E-state index in [0.717, 1.165) is 0 Å². The predicted molar refractivity (Wildman–Crippen MR) is 78.7 cm³/mol. The number of hydrogen-bond acceptors (Lipinski definition) is 4. The van der Waals surface area contributed by atoms with E-state index in [4.69, 9.17) is 0 Å². The minimum Gasteiger partial charge on any atom is -0.196 e. The molecule has 4 heteroatoms. The van der Waals surface area contributed by atoms with E-state index >= 15 is 0 Å². The van der Waals surface area contributed by atoms with Gasteiger partial charge in [-0.3, -0.25) is 0 Å². The Balaban J connectivity index is 2.87. The predicted octanol–water partition coefficient (Wildman–Crippen LogP) is 2.96. The second kappa shape index (κ2) is 5.80. The summed E-state index contributed by atoms with van der Waals surface area (Å²) in [6.45, 7) is 0. The Morgan fingerprint density at radius 2 is 0.773 bits per heavy atom. The highest BCUT2D eigenvalue weighted by Gasteiger charge is 2.57. The summed E-state index contributed by atoms with van der Waals surface area (Å²) in [5, 5.41) is 38.9. The molecule has 0 spiro atoms. The fourth-order valence-corrected chi connectivity index (χ4v) is 2.45. The molecule has 0 unspecified atom stereocenters. The van der Waals surface area contributed by atoms with E-state index in [9.17, 15) is 21.0 Å². The molecule has 2 aromatic rings. The van der Waals surface area contributed by atoms with Crippen molar-refractivity contribution < 1.29 is 0 Å². The zero-order valence-corrected chi connectivity index (χ0v) is 11.6. The molecule has 0 aliphatic carbocycles. The van der Waals surface area contributed by atoms with E-state index in [1.165, 1.54) is 0 Å². The molecule has 0 N–H and O–H groups in total. The molecular formula is C18H10N4. The van der Waals surface area contributed by atoms with Gasteiger partial charge in [0.1, 0.15) is 0 Å². The molecule has 0 saturated carbocycles. The Labute approximate surface area is 128 Å². The highest BCUT2D eigenvalue weighted by Crippen LogP contribution is 2.43. The minimum absolute atomic E-state index is 0.326. The molecule has 0 atom stereocenters. The average Bonchev–Trinajstić information content (AvgIpc) is 2.61. The largest absolute Gasteiger partial charge is 0.204 e. The molecule has 0 aliphatic heterocycles. The first-order chi connectivity index (χ1) is 10.7. The van der Waals surface area contributed by atoms with Gasteiger partial charge in [0.15, 0.2) is 0 Å². The zero-order valence-electron chi connectivity index (χ0n) is 11.6. The third-order valence-electron chi connectivity index (χ3n) is 3.65. The Morgan fingerprint density at radius 1 is 0.500 bits per heavy atom. The minimum atomic E-state index is -1.92. The van der Waals surface area contributed by atoms with E-state index in [-0.39, 0.29) is 0 Å². The van der Waals surface area contributed by atoms with Crippen LogP contribution in [0.2, 0.25) is 0 Å². The number of nitriles is 4. The number of hydrogen-bond donors (Lipinski definition) is 0. The lowest BCUT2D eigenvalue weighted by atomic mass is 9.59. The highest BCUT2D eigenvalue weighted by atomic mass is 14.6. The van der Waals surface area contributed by atoms with Crippen molar-refractivity contribution in [1.29, 1.82) is 21.0 Å². The van der Waals surface area contributed by atoms with E-state index < -0.39 is 10.8 Å². The summed E-state index contributed by atoms with van der Waals surface area (Å²) in [7, 11) is 0. The van der Waals surface area contributed by atoms with Gasteiger partial charge in [-0.15, -0.1) is 0 Å². The molecule has 2 rings (SSSR count). The third-order valence-corrected chi connectivity index (χ3v) is 3.65. The highest BCUT2D eigenvalue weighted by molar-refractivity contribution is 5.59. The van der Waals surface area contributed by atoms with Gasteiger partial charge in [0.25, 0.3) is 0 Å². The fraction of sp³-hybridized carbons (Fsp3) is 0.111. The maximum Gasteiger partial charge on any atom is 0.204 e. The summed E-state index contributed by atoms with van der Waals surface area (Å²) in [5.41, 5.74) is -3.18. The summed E-state index contributed by atoms with van der Waals surface area (Å²) in [4.78, 5) is 0. The van der Waals surface area contributed by atoms with Gasteiger partial charge < -0.3 is 0 Å². The molecule has 102 valence electrons. The van der Waals surface area contributed by atoms with Crippen molar-refractivity contribution in [3.63, 3.8) is 0 Å². The van der Waals surface area contributed by atoms with Gasteiger partial charge in [0.2, 0.25) is 10.8 Å². The second-order valence-electron chi connectivity index (χ2n) is 4.68. The van der Waals surface area contributed by atoms with Crippen molar-refractivity contribution >= 4 is 0 Å². The van der Waals surface area contributed by atoms with Crippen LogP contribution in [0.5, 0.6) is 0 Å². The maximum absolute atomic E-state index is 9.71. The van der Waals surface area contributed by atoms with E-state index in [2.05, 4.69) is 0 Å². The van der Waals surface area contributed by atoms with Gasteiger partial charge in [-0.25, -0.2) is 0 Å². The average molecular weight is 282 g/mol. The van der Waals surface area contributed by atoms with Gasteiger partial charge in [0.05, 0.1) is 24.3 Å². The van der Waals surface area contributed by atoms with Crippen LogP contribution in [0.3, 0.4) is 0 Å². The Kier molecular flexibility index (Phi) is 3.90. The third kappa shape index (κ3) is 1.89. The van der Waals surface area contributed by atoms with Crippen molar-refractivity contribution in [2.75, 3.05) is 0 Å². The van der Waals surface area contributed by atoms with Crippen LogP contribution in [0.25, 0.3) is 0 Å². The molecule has 0 fully saturated rings. The van der Waals surface area contributed by atoms with Crippen molar-refractivity contribution in [3.8, 4) is 24.3 Å².